The number of nitrogens with zero attached hydrogens (tertiary/aromatic N) is 3. The lowest BCUT2D eigenvalue weighted by Crippen LogP contribution is -2.36. The van der Waals surface area contributed by atoms with E-state index in [1.54, 1.807) is 4.90 Å². The molecule has 1 aromatic carbocycles. The topological polar surface area (TPSA) is 73.7 Å². The number of carbonyl (C=O) groups is 2. The Morgan fingerprint density at radius 1 is 1.14 bits per heavy atom. The molecule has 2 heterocycles. The Kier molecular flexibility index (Phi) is 7.54. The lowest BCUT2D eigenvalue weighted by molar-refractivity contribution is -0.138. The van der Waals surface area contributed by atoms with E-state index in [4.69, 9.17) is 16.6 Å². The predicted octanol–water partition coefficient (Wildman–Crippen LogP) is 5.52. The van der Waals surface area contributed by atoms with Crippen molar-refractivity contribution in [1.82, 2.24) is 14.8 Å². The summed E-state index contributed by atoms with van der Waals surface area (Å²) >= 11 is 5.72. The number of aromatic nitrogens is 1. The highest BCUT2D eigenvalue weighted by Gasteiger charge is 2.38. The SMILES string of the molecule is O=C(O)C[C@@H](c1ccc(Cl)c(C(F)(F)F)c1)N1CCN(CCCc2ccc3c(n2)CCCC3)C1=O. The number of carboxylic acids is 1. The lowest BCUT2D eigenvalue weighted by atomic mass is 9.95. The summed E-state index contributed by atoms with van der Waals surface area (Å²) in [4.78, 5) is 32.3. The summed E-state index contributed by atoms with van der Waals surface area (Å²) in [6.45, 7) is 1.08. The number of carboxylic acid groups (broad SMARTS) is 1. The standard InChI is InChI=1S/C25H27ClF3N3O3/c26-20-10-8-17(14-19(20)25(27,28)29)22(15-23(33)34)32-13-12-31(24(32)35)11-3-5-18-9-7-16-4-1-2-6-21(16)30-18/h7-10,14,22H,1-6,11-13,15H2,(H,33,34)/t22-/m0/s1. The third kappa shape index (κ3) is 5.89. The van der Waals surface area contributed by atoms with Gasteiger partial charge in [0, 0.05) is 31.0 Å². The van der Waals surface area contributed by atoms with Crippen LogP contribution < -0.4 is 0 Å². The van der Waals surface area contributed by atoms with Crippen molar-refractivity contribution in [2.24, 2.45) is 0 Å². The monoisotopic (exact) mass is 509 g/mol. The Balaban J connectivity index is 1.43. The van der Waals surface area contributed by atoms with Crippen LogP contribution in [-0.4, -0.2) is 51.5 Å². The zero-order valence-corrected chi connectivity index (χ0v) is 19.9. The minimum Gasteiger partial charge on any atom is -0.481 e. The molecule has 1 aliphatic carbocycles. The van der Waals surface area contributed by atoms with Crippen molar-refractivity contribution in [1.29, 1.82) is 0 Å². The quantitative estimate of drug-likeness (QED) is 0.508. The van der Waals surface area contributed by atoms with E-state index in [1.165, 1.54) is 23.0 Å². The molecule has 0 radical (unpaired) electrons. The number of aryl methyl sites for hydroxylation is 3. The van der Waals surface area contributed by atoms with E-state index in [0.717, 1.165) is 42.8 Å². The van der Waals surface area contributed by atoms with Crippen LogP contribution in [0.5, 0.6) is 0 Å². The highest BCUT2D eigenvalue weighted by atomic mass is 35.5. The van der Waals surface area contributed by atoms with Gasteiger partial charge in [-0.1, -0.05) is 23.7 Å². The van der Waals surface area contributed by atoms with Gasteiger partial charge in [0.1, 0.15) is 0 Å². The maximum absolute atomic E-state index is 13.3. The number of rotatable bonds is 8. The van der Waals surface area contributed by atoms with Crippen LogP contribution in [0.2, 0.25) is 5.02 Å². The van der Waals surface area contributed by atoms with Crippen molar-refractivity contribution < 1.29 is 27.9 Å². The van der Waals surface area contributed by atoms with Gasteiger partial charge in [-0.15, -0.1) is 0 Å². The minimum absolute atomic E-state index is 0.0950. The third-order valence-electron chi connectivity index (χ3n) is 6.65. The van der Waals surface area contributed by atoms with Crippen LogP contribution in [0.1, 0.15) is 59.8 Å². The number of urea groups is 1. The number of pyridine rings is 1. The highest BCUT2D eigenvalue weighted by Crippen LogP contribution is 2.38. The average Bonchev–Trinajstić information content (AvgIpc) is 3.17. The fourth-order valence-electron chi connectivity index (χ4n) is 4.86. The molecule has 4 rings (SSSR count). The number of benzene rings is 1. The van der Waals surface area contributed by atoms with Crippen LogP contribution in [0.25, 0.3) is 0 Å². The van der Waals surface area contributed by atoms with Crippen LogP contribution in [-0.2, 0) is 30.2 Å². The maximum Gasteiger partial charge on any atom is 0.417 e. The minimum atomic E-state index is -4.69. The molecule has 2 aromatic rings. The zero-order chi connectivity index (χ0) is 25.2. The Bertz CT molecular complexity index is 1110. The first-order valence-electron chi connectivity index (χ1n) is 11.7. The van der Waals surface area contributed by atoms with Crippen LogP contribution in [0, 0.1) is 0 Å². The fraction of sp³-hybridized carbons (Fsp3) is 0.480. The van der Waals surface area contributed by atoms with Crippen molar-refractivity contribution >= 4 is 23.6 Å². The second-order valence-electron chi connectivity index (χ2n) is 9.03. The molecule has 0 bridgehead atoms. The van der Waals surface area contributed by atoms with E-state index in [0.29, 0.717) is 25.9 Å². The molecule has 1 N–H and O–H groups in total. The number of aliphatic carboxylic acids is 1. The van der Waals surface area contributed by atoms with Crippen molar-refractivity contribution in [2.75, 3.05) is 19.6 Å². The van der Waals surface area contributed by atoms with Gasteiger partial charge < -0.3 is 14.9 Å². The molecule has 2 amide bonds. The number of halogens is 4. The van der Waals surface area contributed by atoms with Gasteiger partial charge in [-0.05, 0) is 67.9 Å². The second kappa shape index (κ2) is 10.4. The van der Waals surface area contributed by atoms with Gasteiger partial charge in [0.25, 0.3) is 0 Å². The molecule has 0 unspecified atom stereocenters. The van der Waals surface area contributed by atoms with E-state index < -0.39 is 35.2 Å². The Hall–Kier alpha value is -2.81. The number of carbonyl (C=O) groups excluding carboxylic acids is 1. The molecule has 6 nitrogen and oxygen atoms in total. The summed E-state index contributed by atoms with van der Waals surface area (Å²) in [6.07, 6.45) is 0.611. The number of amides is 2. The molecule has 0 saturated carbocycles. The summed E-state index contributed by atoms with van der Waals surface area (Å²) in [7, 11) is 0. The van der Waals surface area contributed by atoms with E-state index >= 15 is 0 Å². The average molecular weight is 510 g/mol. The molecule has 10 heteroatoms. The lowest BCUT2D eigenvalue weighted by Gasteiger charge is -2.28. The summed E-state index contributed by atoms with van der Waals surface area (Å²) < 4.78 is 40.0. The van der Waals surface area contributed by atoms with Gasteiger partial charge >= 0.3 is 18.2 Å². The van der Waals surface area contributed by atoms with Gasteiger partial charge in [0.05, 0.1) is 23.0 Å². The smallest absolute Gasteiger partial charge is 0.417 e. The summed E-state index contributed by atoms with van der Waals surface area (Å²) in [6, 6.07) is 6.06. The molecule has 1 atom stereocenters. The summed E-state index contributed by atoms with van der Waals surface area (Å²) in [5, 5.41) is 8.91. The van der Waals surface area contributed by atoms with Crippen LogP contribution in [0.15, 0.2) is 30.3 Å². The normalized spacial score (nSPS) is 17.0. The molecule has 188 valence electrons. The molecule has 1 aliphatic heterocycles. The molecule has 0 spiro atoms. The summed E-state index contributed by atoms with van der Waals surface area (Å²) in [5.41, 5.74) is 2.50. The zero-order valence-electron chi connectivity index (χ0n) is 19.2. The van der Waals surface area contributed by atoms with Crippen molar-refractivity contribution in [3.8, 4) is 0 Å². The van der Waals surface area contributed by atoms with Gasteiger partial charge in [0.15, 0.2) is 0 Å². The van der Waals surface area contributed by atoms with Crippen LogP contribution >= 0.6 is 11.6 Å². The van der Waals surface area contributed by atoms with E-state index in [-0.39, 0.29) is 18.1 Å². The van der Waals surface area contributed by atoms with E-state index in [9.17, 15) is 27.9 Å². The van der Waals surface area contributed by atoms with Gasteiger partial charge in [0.2, 0.25) is 0 Å². The largest absolute Gasteiger partial charge is 0.481 e. The molecular weight excluding hydrogens is 483 g/mol. The first-order chi connectivity index (χ1) is 16.6. The second-order valence-corrected chi connectivity index (χ2v) is 9.44. The summed E-state index contributed by atoms with van der Waals surface area (Å²) in [5.74, 6) is -1.21. The number of alkyl halides is 3. The number of hydrogen-bond acceptors (Lipinski definition) is 3. The molecule has 1 saturated heterocycles. The van der Waals surface area contributed by atoms with Crippen molar-refractivity contribution in [3.05, 3.63) is 63.4 Å². The molecule has 35 heavy (non-hydrogen) atoms. The van der Waals surface area contributed by atoms with Gasteiger partial charge in [-0.25, -0.2) is 4.79 Å². The van der Waals surface area contributed by atoms with Crippen LogP contribution in [0.4, 0.5) is 18.0 Å². The molecular formula is C25H27ClF3N3O3. The van der Waals surface area contributed by atoms with E-state index in [2.05, 4.69) is 6.07 Å². The first kappa shape index (κ1) is 25.3. The Morgan fingerprint density at radius 3 is 2.66 bits per heavy atom. The van der Waals surface area contributed by atoms with Crippen molar-refractivity contribution in [3.63, 3.8) is 0 Å². The van der Waals surface area contributed by atoms with Crippen LogP contribution in [0.3, 0.4) is 0 Å². The maximum atomic E-state index is 13.3. The Morgan fingerprint density at radius 2 is 1.91 bits per heavy atom. The number of hydrogen-bond donors (Lipinski definition) is 1. The molecule has 1 fully saturated rings. The van der Waals surface area contributed by atoms with Gasteiger partial charge in [-0.2, -0.15) is 13.2 Å². The van der Waals surface area contributed by atoms with E-state index in [1.807, 2.05) is 6.07 Å². The van der Waals surface area contributed by atoms with Gasteiger partial charge in [-0.3, -0.25) is 9.78 Å². The molecule has 2 aliphatic rings. The highest BCUT2D eigenvalue weighted by molar-refractivity contribution is 6.31. The third-order valence-corrected chi connectivity index (χ3v) is 6.98. The van der Waals surface area contributed by atoms with Crippen molar-refractivity contribution in [2.45, 2.75) is 57.2 Å². The predicted molar refractivity (Wildman–Crippen MR) is 124 cm³/mol. The molecule has 1 aromatic heterocycles. The first-order valence-corrected chi connectivity index (χ1v) is 12.1. The fourth-order valence-corrected chi connectivity index (χ4v) is 5.08. The Labute approximate surface area is 206 Å². The number of fused-ring (bicyclic) bond motifs is 1.